The van der Waals surface area contributed by atoms with E-state index >= 15 is 0 Å². The molecule has 1 aliphatic heterocycles. The number of nitrogens with zero attached hydrogens (tertiary/aromatic N) is 2. The van der Waals surface area contributed by atoms with Crippen molar-refractivity contribution in [3.63, 3.8) is 0 Å². The average molecular weight is 247 g/mol. The van der Waals surface area contributed by atoms with Crippen molar-refractivity contribution in [2.75, 3.05) is 23.7 Å². The summed E-state index contributed by atoms with van der Waals surface area (Å²) in [6, 6.07) is 3.97. The van der Waals surface area contributed by atoms with Crippen LogP contribution < -0.4 is 10.6 Å². The second-order valence-corrected chi connectivity index (χ2v) is 5.34. The Labute approximate surface area is 110 Å². The fourth-order valence-electron chi connectivity index (χ4n) is 3.17. The summed E-state index contributed by atoms with van der Waals surface area (Å²) in [4.78, 5) is 6.61. The van der Waals surface area contributed by atoms with Crippen molar-refractivity contribution in [1.82, 2.24) is 4.98 Å². The molecule has 100 valence electrons. The predicted molar refractivity (Wildman–Crippen MR) is 77.7 cm³/mol. The summed E-state index contributed by atoms with van der Waals surface area (Å²) >= 11 is 0. The van der Waals surface area contributed by atoms with Crippen molar-refractivity contribution in [3.8, 4) is 0 Å². The first kappa shape index (κ1) is 13.2. The molecule has 1 fully saturated rings. The van der Waals surface area contributed by atoms with Crippen molar-refractivity contribution in [3.05, 3.63) is 18.3 Å². The molecule has 0 aromatic carbocycles. The van der Waals surface area contributed by atoms with Gasteiger partial charge >= 0.3 is 0 Å². The average Bonchev–Trinajstić information content (AvgIpc) is 2.42. The van der Waals surface area contributed by atoms with Crippen molar-refractivity contribution in [1.29, 1.82) is 0 Å². The Bertz CT molecular complexity index is 349. The van der Waals surface area contributed by atoms with Gasteiger partial charge in [0.15, 0.2) is 0 Å². The van der Waals surface area contributed by atoms with E-state index in [0.717, 1.165) is 24.9 Å². The number of hydrogen-bond donors (Lipinski definition) is 1. The third-order valence-electron chi connectivity index (χ3n) is 4.39. The third kappa shape index (κ3) is 2.95. The summed E-state index contributed by atoms with van der Waals surface area (Å²) in [7, 11) is 0. The van der Waals surface area contributed by atoms with E-state index in [1.165, 1.54) is 31.4 Å². The maximum Gasteiger partial charge on any atom is 0.123 e. The van der Waals surface area contributed by atoms with E-state index < -0.39 is 0 Å². The van der Waals surface area contributed by atoms with Crippen LogP contribution in [0.1, 0.15) is 39.5 Å². The first-order valence-electron chi connectivity index (χ1n) is 7.21. The van der Waals surface area contributed by atoms with Gasteiger partial charge in [-0.3, -0.25) is 0 Å². The van der Waals surface area contributed by atoms with Gasteiger partial charge < -0.3 is 10.6 Å². The van der Waals surface area contributed by atoms with Crippen LogP contribution in [0, 0.1) is 11.8 Å². The van der Waals surface area contributed by atoms with E-state index in [1.807, 2.05) is 12.3 Å². The highest BCUT2D eigenvalue weighted by Crippen LogP contribution is 2.31. The van der Waals surface area contributed by atoms with Gasteiger partial charge in [-0.25, -0.2) is 4.98 Å². The highest BCUT2D eigenvalue weighted by Gasteiger charge is 2.24. The number of piperidine rings is 1. The van der Waals surface area contributed by atoms with Crippen LogP contribution >= 0.6 is 0 Å². The number of anilines is 2. The minimum atomic E-state index is 0.602. The van der Waals surface area contributed by atoms with Crippen molar-refractivity contribution < 1.29 is 0 Å². The number of pyridine rings is 1. The fraction of sp³-hybridized carbons (Fsp3) is 0.667. The first-order chi connectivity index (χ1) is 8.74. The van der Waals surface area contributed by atoms with Crippen molar-refractivity contribution >= 4 is 11.5 Å². The van der Waals surface area contributed by atoms with Crippen molar-refractivity contribution in [2.24, 2.45) is 11.8 Å². The monoisotopic (exact) mass is 247 g/mol. The molecule has 2 N–H and O–H groups in total. The molecule has 0 atom stereocenters. The van der Waals surface area contributed by atoms with E-state index in [9.17, 15) is 0 Å². The van der Waals surface area contributed by atoms with Crippen LogP contribution in [-0.2, 0) is 0 Å². The summed E-state index contributed by atoms with van der Waals surface area (Å²) in [5, 5.41) is 0. The second kappa shape index (κ2) is 6.07. The van der Waals surface area contributed by atoms with E-state index in [-0.39, 0.29) is 0 Å². The Kier molecular flexibility index (Phi) is 4.45. The van der Waals surface area contributed by atoms with Crippen LogP contribution in [0.15, 0.2) is 18.3 Å². The largest absolute Gasteiger partial charge is 0.384 e. The number of nitrogen functional groups attached to an aromatic ring is 1. The van der Waals surface area contributed by atoms with E-state index in [1.54, 1.807) is 0 Å². The predicted octanol–water partition coefficient (Wildman–Crippen LogP) is 3.32. The molecule has 0 saturated carbocycles. The van der Waals surface area contributed by atoms with Gasteiger partial charge in [-0.2, -0.15) is 0 Å². The quantitative estimate of drug-likeness (QED) is 0.887. The maximum absolute atomic E-state index is 5.62. The molecule has 0 bridgehead atoms. The Balaban J connectivity index is 1.92. The van der Waals surface area contributed by atoms with Crippen LogP contribution in [-0.4, -0.2) is 18.1 Å². The molecular weight excluding hydrogens is 222 g/mol. The third-order valence-corrected chi connectivity index (χ3v) is 4.39. The van der Waals surface area contributed by atoms with Crippen LogP contribution in [0.3, 0.4) is 0 Å². The molecule has 0 aliphatic carbocycles. The zero-order valence-corrected chi connectivity index (χ0v) is 11.6. The minimum Gasteiger partial charge on any atom is -0.384 e. The normalized spacial score (nSPS) is 17.4. The molecule has 2 rings (SSSR count). The summed E-state index contributed by atoms with van der Waals surface area (Å²) in [5.74, 6) is 2.43. The second-order valence-electron chi connectivity index (χ2n) is 5.34. The van der Waals surface area contributed by atoms with Gasteiger partial charge in [-0.05, 0) is 36.8 Å². The molecule has 0 spiro atoms. The highest BCUT2D eigenvalue weighted by molar-refractivity contribution is 5.48. The van der Waals surface area contributed by atoms with E-state index in [0.29, 0.717) is 5.82 Å². The molecule has 1 aromatic heterocycles. The van der Waals surface area contributed by atoms with Gasteiger partial charge in [0, 0.05) is 13.1 Å². The smallest absolute Gasteiger partial charge is 0.123 e. The van der Waals surface area contributed by atoms with E-state index in [2.05, 4.69) is 29.8 Å². The lowest BCUT2D eigenvalue weighted by atomic mass is 9.81. The molecule has 0 amide bonds. The molecule has 18 heavy (non-hydrogen) atoms. The summed E-state index contributed by atoms with van der Waals surface area (Å²) in [6.45, 7) is 6.97. The number of hydrogen-bond acceptors (Lipinski definition) is 3. The lowest BCUT2D eigenvalue weighted by molar-refractivity contribution is 0.260. The summed E-state index contributed by atoms with van der Waals surface area (Å²) in [5.41, 5.74) is 6.84. The van der Waals surface area contributed by atoms with Crippen molar-refractivity contribution in [2.45, 2.75) is 39.5 Å². The van der Waals surface area contributed by atoms with Crippen LogP contribution in [0.5, 0.6) is 0 Å². The molecule has 3 nitrogen and oxygen atoms in total. The number of nitrogens with two attached hydrogens (primary N) is 1. The molecule has 0 radical (unpaired) electrons. The first-order valence-corrected chi connectivity index (χ1v) is 7.21. The molecular formula is C15H25N3. The molecule has 0 unspecified atom stereocenters. The maximum atomic E-state index is 5.62. The molecule has 1 aromatic rings. The zero-order valence-electron chi connectivity index (χ0n) is 11.6. The van der Waals surface area contributed by atoms with Crippen LogP contribution in [0.25, 0.3) is 0 Å². The topological polar surface area (TPSA) is 42.1 Å². The molecule has 1 aliphatic rings. The van der Waals surface area contributed by atoms with Gasteiger partial charge in [0.25, 0.3) is 0 Å². The zero-order chi connectivity index (χ0) is 13.0. The summed E-state index contributed by atoms with van der Waals surface area (Å²) < 4.78 is 0. The lowest BCUT2D eigenvalue weighted by Crippen LogP contribution is -2.36. The Morgan fingerprint density at radius 3 is 2.44 bits per heavy atom. The van der Waals surface area contributed by atoms with Gasteiger partial charge in [-0.15, -0.1) is 0 Å². The number of rotatable bonds is 4. The Hall–Kier alpha value is -1.25. The van der Waals surface area contributed by atoms with Gasteiger partial charge in [0.05, 0.1) is 11.9 Å². The molecule has 1 saturated heterocycles. The van der Waals surface area contributed by atoms with E-state index in [4.69, 9.17) is 5.73 Å². The van der Waals surface area contributed by atoms with Crippen LogP contribution in [0.4, 0.5) is 11.5 Å². The number of aromatic nitrogens is 1. The molecule has 2 heterocycles. The minimum absolute atomic E-state index is 0.602. The molecule has 3 heteroatoms. The standard InChI is InChI=1S/C15H25N3/c1-3-12(4-2)13-7-9-18(10-8-13)14-5-6-15(16)17-11-14/h5-6,11-13H,3-4,7-10H2,1-2H3,(H2,16,17). The summed E-state index contributed by atoms with van der Waals surface area (Å²) in [6.07, 6.45) is 7.18. The Morgan fingerprint density at radius 2 is 1.94 bits per heavy atom. The van der Waals surface area contributed by atoms with Gasteiger partial charge in [0.1, 0.15) is 5.82 Å². The van der Waals surface area contributed by atoms with Gasteiger partial charge in [0.2, 0.25) is 0 Å². The lowest BCUT2D eigenvalue weighted by Gasteiger charge is -2.36. The van der Waals surface area contributed by atoms with Crippen LogP contribution in [0.2, 0.25) is 0 Å². The van der Waals surface area contributed by atoms with Gasteiger partial charge in [-0.1, -0.05) is 26.7 Å². The highest BCUT2D eigenvalue weighted by atomic mass is 15.1. The SMILES string of the molecule is CCC(CC)C1CCN(c2ccc(N)nc2)CC1. The Morgan fingerprint density at radius 1 is 1.28 bits per heavy atom. The fourth-order valence-corrected chi connectivity index (χ4v) is 3.17.